The van der Waals surface area contributed by atoms with E-state index in [4.69, 9.17) is 22.3 Å². The first kappa shape index (κ1) is 28.9. The molecule has 0 radical (unpaired) electrons. The van der Waals surface area contributed by atoms with Crippen LogP contribution in [0, 0.1) is 38.5 Å². The fourth-order valence-electron chi connectivity index (χ4n) is 4.24. The maximum Gasteiger partial charge on any atom is 0.148 e. The van der Waals surface area contributed by atoms with E-state index in [1.54, 1.807) is 13.8 Å². The van der Waals surface area contributed by atoms with Crippen molar-refractivity contribution in [1.29, 1.82) is 0 Å². The second-order valence-electron chi connectivity index (χ2n) is 8.50. The number of ether oxygens (including phenoxy) is 2. The number of aldehydes is 2. The molecule has 0 saturated heterocycles. The summed E-state index contributed by atoms with van der Waals surface area (Å²) in [6.45, 7) is 3.01. The molecule has 0 aliphatic rings. The Hall–Kier alpha value is -4.30. The van der Waals surface area contributed by atoms with Crippen LogP contribution in [0.4, 0.5) is 0 Å². The molecule has 0 aliphatic heterocycles. The largest absolute Gasteiger partial charge is 0.507 e. The Kier molecular flexibility index (Phi) is 10.7. The predicted octanol–water partition coefficient (Wildman–Crippen LogP) is 3.78. The number of hydrogen-bond donors (Lipinski definition) is 4. The van der Waals surface area contributed by atoms with Crippen LogP contribution in [0.1, 0.15) is 59.1 Å². The van der Waals surface area contributed by atoms with Gasteiger partial charge in [-0.05, 0) is 39.5 Å². The molecule has 2 rings (SSSR count). The monoisotopic (exact) mass is 508 g/mol. The van der Waals surface area contributed by atoms with Crippen LogP contribution in [0.25, 0.3) is 0 Å². The molecule has 2 aromatic carbocycles. The highest BCUT2D eigenvalue weighted by Crippen LogP contribution is 2.48. The van der Waals surface area contributed by atoms with Crippen molar-refractivity contribution < 1.29 is 39.5 Å². The van der Waals surface area contributed by atoms with E-state index in [1.807, 2.05) is 0 Å². The van der Waals surface area contributed by atoms with Gasteiger partial charge in [0, 0.05) is 52.6 Å². The molecular formula is C29H32O8. The minimum atomic E-state index is -0.285. The number of phenolic OH excluding ortho intramolecular Hbond substituents is 4. The van der Waals surface area contributed by atoms with Gasteiger partial charge in [-0.15, -0.1) is 12.8 Å². The second-order valence-corrected chi connectivity index (χ2v) is 8.50. The molecule has 0 fully saturated rings. The van der Waals surface area contributed by atoms with Crippen molar-refractivity contribution in [1.82, 2.24) is 0 Å². The number of terminal acetylenes is 2. The Balaban J connectivity index is 2.70. The summed E-state index contributed by atoms with van der Waals surface area (Å²) < 4.78 is 11.2. The van der Waals surface area contributed by atoms with Gasteiger partial charge in [0.15, 0.2) is 0 Å². The summed E-state index contributed by atoms with van der Waals surface area (Å²) in [5.74, 6) is 4.00. The quantitative estimate of drug-likeness (QED) is 0.172. The first-order valence-corrected chi connectivity index (χ1v) is 11.9. The van der Waals surface area contributed by atoms with Crippen LogP contribution in [0.3, 0.4) is 0 Å². The summed E-state index contributed by atoms with van der Waals surface area (Å²) in [7, 11) is 0. The number of hydrogen-bond acceptors (Lipinski definition) is 8. The topological polar surface area (TPSA) is 134 Å². The third kappa shape index (κ3) is 6.48. The minimum absolute atomic E-state index is 0.0628. The molecule has 196 valence electrons. The third-order valence-electron chi connectivity index (χ3n) is 6.11. The van der Waals surface area contributed by atoms with E-state index < -0.39 is 0 Å². The molecule has 0 aliphatic carbocycles. The number of rotatable bonds is 14. The highest BCUT2D eigenvalue weighted by Gasteiger charge is 2.27. The van der Waals surface area contributed by atoms with Crippen molar-refractivity contribution in [3.05, 3.63) is 33.4 Å². The molecule has 8 nitrogen and oxygen atoms in total. The molecule has 0 unspecified atom stereocenters. The van der Waals surface area contributed by atoms with Gasteiger partial charge in [-0.25, -0.2) is 0 Å². The number of aromatic hydroxyl groups is 4. The standard InChI is InChI=1S/C29H32O8/c1-5-15-36-28-18(3)24(32)22(26(34)20(28)11-7-9-13-30)17-23-25(33)19(4)29(37-16-6-2)21(27(23)35)12-8-10-14-31/h1-2,13-14,32-35H,7-12,15-17H2,3-4H3. The lowest BCUT2D eigenvalue weighted by Crippen LogP contribution is -2.07. The van der Waals surface area contributed by atoms with Crippen molar-refractivity contribution in [2.45, 2.75) is 58.8 Å². The van der Waals surface area contributed by atoms with Crippen LogP contribution >= 0.6 is 0 Å². The maximum atomic E-state index is 11.2. The highest BCUT2D eigenvalue weighted by atomic mass is 16.5. The Bertz CT molecular complexity index is 1140. The summed E-state index contributed by atoms with van der Waals surface area (Å²) in [4.78, 5) is 21.7. The molecular weight excluding hydrogens is 476 g/mol. The molecule has 0 bridgehead atoms. The third-order valence-corrected chi connectivity index (χ3v) is 6.11. The van der Waals surface area contributed by atoms with E-state index in [0.717, 1.165) is 12.6 Å². The van der Waals surface area contributed by atoms with Gasteiger partial charge in [-0.1, -0.05) is 11.8 Å². The Morgan fingerprint density at radius 2 is 1.05 bits per heavy atom. The summed E-state index contributed by atoms with van der Waals surface area (Å²) >= 11 is 0. The van der Waals surface area contributed by atoms with Crippen LogP contribution in [0.5, 0.6) is 34.5 Å². The highest BCUT2D eigenvalue weighted by molar-refractivity contribution is 5.67. The molecule has 4 N–H and O–H groups in total. The fourth-order valence-corrected chi connectivity index (χ4v) is 4.24. The lowest BCUT2D eigenvalue weighted by molar-refractivity contribution is -0.108. The molecule has 0 aromatic heterocycles. The average Bonchev–Trinajstić information content (AvgIpc) is 2.89. The van der Waals surface area contributed by atoms with Gasteiger partial charge in [0.2, 0.25) is 0 Å². The van der Waals surface area contributed by atoms with Gasteiger partial charge < -0.3 is 39.5 Å². The summed E-state index contributed by atoms with van der Waals surface area (Å²) in [5, 5.41) is 44.3. The van der Waals surface area contributed by atoms with Crippen molar-refractivity contribution in [3.63, 3.8) is 0 Å². The van der Waals surface area contributed by atoms with Crippen LogP contribution in [0.15, 0.2) is 0 Å². The van der Waals surface area contributed by atoms with Crippen LogP contribution in [-0.4, -0.2) is 46.2 Å². The molecule has 2 aromatic rings. The zero-order valence-corrected chi connectivity index (χ0v) is 21.1. The number of benzene rings is 2. The van der Waals surface area contributed by atoms with Gasteiger partial charge in [-0.3, -0.25) is 0 Å². The molecule has 8 heteroatoms. The van der Waals surface area contributed by atoms with E-state index in [-0.39, 0.29) is 90.9 Å². The summed E-state index contributed by atoms with van der Waals surface area (Å²) in [6, 6.07) is 0. The molecule has 0 saturated carbocycles. The molecule has 0 atom stereocenters. The zero-order chi connectivity index (χ0) is 27.5. The van der Waals surface area contributed by atoms with E-state index in [1.165, 1.54) is 0 Å². The lowest BCUT2D eigenvalue weighted by atomic mass is 9.90. The van der Waals surface area contributed by atoms with Crippen molar-refractivity contribution in [2.75, 3.05) is 13.2 Å². The number of unbranched alkanes of at least 4 members (excludes halogenated alkanes) is 2. The van der Waals surface area contributed by atoms with Crippen LogP contribution in [-0.2, 0) is 28.9 Å². The van der Waals surface area contributed by atoms with E-state index in [2.05, 4.69) is 11.8 Å². The van der Waals surface area contributed by atoms with Crippen LogP contribution < -0.4 is 9.47 Å². The number of carbonyl (C=O) groups is 2. The lowest BCUT2D eigenvalue weighted by Gasteiger charge is -2.22. The van der Waals surface area contributed by atoms with Gasteiger partial charge in [0.1, 0.15) is 60.3 Å². The summed E-state index contributed by atoms with van der Waals surface area (Å²) in [6.07, 6.45) is 13.8. The summed E-state index contributed by atoms with van der Waals surface area (Å²) in [5.41, 5.74) is 1.48. The maximum absolute atomic E-state index is 11.2. The minimum Gasteiger partial charge on any atom is -0.507 e. The first-order valence-electron chi connectivity index (χ1n) is 11.9. The van der Waals surface area contributed by atoms with Crippen molar-refractivity contribution in [3.8, 4) is 59.2 Å². The Labute approximate surface area is 216 Å². The van der Waals surface area contributed by atoms with Gasteiger partial charge in [-0.2, -0.15) is 0 Å². The van der Waals surface area contributed by atoms with Crippen LogP contribution in [0.2, 0.25) is 0 Å². The normalized spacial score (nSPS) is 10.4. The number of phenols is 4. The van der Waals surface area contributed by atoms with E-state index in [9.17, 15) is 30.0 Å². The molecule has 37 heavy (non-hydrogen) atoms. The predicted molar refractivity (Wildman–Crippen MR) is 138 cm³/mol. The molecule has 0 amide bonds. The average molecular weight is 509 g/mol. The van der Waals surface area contributed by atoms with Gasteiger partial charge >= 0.3 is 0 Å². The van der Waals surface area contributed by atoms with E-state index in [0.29, 0.717) is 35.1 Å². The second kappa shape index (κ2) is 13.7. The fraction of sp³-hybridized carbons (Fsp3) is 0.379. The molecule has 0 spiro atoms. The van der Waals surface area contributed by atoms with Gasteiger partial charge in [0.25, 0.3) is 0 Å². The zero-order valence-electron chi connectivity index (χ0n) is 21.1. The number of carbonyl (C=O) groups excluding carboxylic acids is 2. The van der Waals surface area contributed by atoms with Crippen molar-refractivity contribution >= 4 is 12.6 Å². The van der Waals surface area contributed by atoms with Crippen molar-refractivity contribution in [2.24, 2.45) is 0 Å². The SMILES string of the molecule is C#CCOc1c(C)c(O)c(Cc2c(O)c(C)c(OCC#C)c(CCCC=O)c2O)c(O)c1CCCC=O. The molecule has 0 heterocycles. The Morgan fingerprint density at radius 1 is 0.676 bits per heavy atom. The first-order chi connectivity index (χ1) is 17.7. The Morgan fingerprint density at radius 3 is 1.38 bits per heavy atom. The van der Waals surface area contributed by atoms with Gasteiger partial charge in [0.05, 0.1) is 0 Å². The smallest absolute Gasteiger partial charge is 0.148 e. The van der Waals surface area contributed by atoms with E-state index >= 15 is 0 Å².